The maximum absolute atomic E-state index is 11.6. The number of hydrogen-bond acceptors (Lipinski definition) is 4. The zero-order chi connectivity index (χ0) is 19.5. The number of benzene rings is 2. The van der Waals surface area contributed by atoms with Crippen LogP contribution in [0.25, 0.3) is 0 Å². The van der Waals surface area contributed by atoms with Crippen LogP contribution in [-0.2, 0) is 25.7 Å². The molecule has 2 aromatic rings. The fourth-order valence-corrected chi connectivity index (χ4v) is 6.21. The van der Waals surface area contributed by atoms with Gasteiger partial charge in [-0.3, -0.25) is 10.1 Å². The van der Waals surface area contributed by atoms with Crippen molar-refractivity contribution in [1.82, 2.24) is 0 Å². The molecule has 0 aromatic heterocycles. The Hall–Kier alpha value is -2.56. The Morgan fingerprint density at radius 1 is 0.759 bits per heavy atom. The van der Waals surface area contributed by atoms with E-state index in [1.807, 2.05) is 0 Å². The van der Waals surface area contributed by atoms with Crippen LogP contribution in [0.2, 0.25) is 0 Å². The van der Waals surface area contributed by atoms with Crippen LogP contribution < -0.4 is 9.80 Å². The summed E-state index contributed by atoms with van der Waals surface area (Å²) < 4.78 is 0. The Balaban J connectivity index is 1.47. The zero-order valence-electron chi connectivity index (χ0n) is 16.8. The first-order valence-corrected chi connectivity index (χ1v) is 11.1. The minimum absolute atomic E-state index is 0.0239. The molecular formula is C24H27N3O2. The van der Waals surface area contributed by atoms with Gasteiger partial charge in [-0.1, -0.05) is 24.3 Å². The molecule has 0 amide bonds. The Kier molecular flexibility index (Phi) is 3.87. The first-order valence-electron chi connectivity index (χ1n) is 11.1. The molecule has 0 atom stereocenters. The molecule has 4 heterocycles. The average Bonchev–Trinajstić information content (AvgIpc) is 3.33. The third-order valence-electron chi connectivity index (χ3n) is 7.40. The van der Waals surface area contributed by atoms with Gasteiger partial charge in [0.25, 0.3) is 0 Å². The molecule has 0 saturated heterocycles. The molecule has 0 saturated carbocycles. The first-order chi connectivity index (χ1) is 14.2. The lowest BCUT2D eigenvalue weighted by Gasteiger charge is -2.29. The van der Waals surface area contributed by atoms with Crippen LogP contribution >= 0.6 is 0 Å². The van der Waals surface area contributed by atoms with E-state index in [-0.39, 0.29) is 17.4 Å². The van der Waals surface area contributed by atoms with Gasteiger partial charge in [-0.05, 0) is 71.9 Å². The van der Waals surface area contributed by atoms with Crippen LogP contribution in [0.5, 0.6) is 0 Å². The van der Waals surface area contributed by atoms with Crippen molar-refractivity contribution in [3.8, 4) is 0 Å². The summed E-state index contributed by atoms with van der Waals surface area (Å²) >= 11 is 0. The van der Waals surface area contributed by atoms with Gasteiger partial charge < -0.3 is 9.80 Å². The lowest BCUT2D eigenvalue weighted by Crippen LogP contribution is -2.27. The van der Waals surface area contributed by atoms with E-state index in [2.05, 4.69) is 34.1 Å². The van der Waals surface area contributed by atoms with Gasteiger partial charge in [-0.25, -0.2) is 0 Å². The average molecular weight is 389 g/mol. The maximum atomic E-state index is 11.6. The number of rotatable bonds is 4. The van der Waals surface area contributed by atoms with Crippen molar-refractivity contribution in [3.63, 3.8) is 0 Å². The highest BCUT2D eigenvalue weighted by molar-refractivity contribution is 5.68. The van der Waals surface area contributed by atoms with E-state index in [0.717, 1.165) is 63.0 Å². The summed E-state index contributed by atoms with van der Waals surface area (Å²) in [7, 11) is 0. The van der Waals surface area contributed by atoms with Gasteiger partial charge in [-0.15, -0.1) is 0 Å². The van der Waals surface area contributed by atoms with Gasteiger partial charge in [0.2, 0.25) is 6.54 Å². The Bertz CT molecular complexity index is 942. The zero-order valence-corrected chi connectivity index (χ0v) is 16.8. The van der Waals surface area contributed by atoms with Gasteiger partial charge in [0.05, 0.1) is 5.92 Å². The van der Waals surface area contributed by atoms with E-state index >= 15 is 0 Å². The lowest BCUT2D eigenvalue weighted by atomic mass is 9.84. The number of hydrogen-bond donors (Lipinski definition) is 0. The fraction of sp³-hybridized carbons (Fsp3) is 0.500. The van der Waals surface area contributed by atoms with Gasteiger partial charge in [0.15, 0.2) is 0 Å². The molecule has 6 rings (SSSR count). The topological polar surface area (TPSA) is 49.6 Å². The monoisotopic (exact) mass is 389 g/mol. The first kappa shape index (κ1) is 17.3. The predicted octanol–water partition coefficient (Wildman–Crippen LogP) is 3.71. The molecule has 0 N–H and O–H groups in total. The van der Waals surface area contributed by atoms with E-state index in [0.29, 0.717) is 0 Å². The molecule has 5 nitrogen and oxygen atoms in total. The molecule has 0 fully saturated rings. The minimum Gasteiger partial charge on any atom is -0.371 e. The molecule has 5 heteroatoms. The maximum Gasteiger partial charge on any atom is 0.214 e. The van der Waals surface area contributed by atoms with Crippen LogP contribution in [0.15, 0.2) is 24.3 Å². The van der Waals surface area contributed by atoms with E-state index < -0.39 is 0 Å². The number of nitrogens with zero attached hydrogens (tertiary/aromatic N) is 3. The summed E-state index contributed by atoms with van der Waals surface area (Å²) in [5, 5.41) is 11.6. The highest BCUT2D eigenvalue weighted by Crippen LogP contribution is 2.42. The van der Waals surface area contributed by atoms with Crippen LogP contribution in [0.4, 0.5) is 11.4 Å². The number of aryl methyl sites for hydroxylation is 2. The summed E-state index contributed by atoms with van der Waals surface area (Å²) in [6, 6.07) is 9.14. The Morgan fingerprint density at radius 2 is 1.21 bits per heavy atom. The molecule has 4 aliphatic heterocycles. The standard InChI is InChI=1S/C24H27N3O2/c28-27(29)15-22(20-11-16-3-1-7-25-9-5-18(13-20)23(16)25)21-12-17-4-2-8-26-10-6-19(14-21)24(17)26/h11-14,22H,1-10,15H2. The fourth-order valence-electron chi connectivity index (χ4n) is 6.21. The molecule has 0 radical (unpaired) electrons. The van der Waals surface area contributed by atoms with Crippen LogP contribution in [0.1, 0.15) is 52.1 Å². The molecule has 150 valence electrons. The molecule has 0 aliphatic carbocycles. The summed E-state index contributed by atoms with van der Waals surface area (Å²) in [5.41, 5.74) is 10.8. The van der Waals surface area contributed by atoms with Gasteiger partial charge in [0, 0.05) is 42.5 Å². The summed E-state index contributed by atoms with van der Waals surface area (Å²) in [5.74, 6) is -0.153. The molecule has 4 aliphatic rings. The van der Waals surface area contributed by atoms with Gasteiger partial charge in [0.1, 0.15) is 0 Å². The van der Waals surface area contributed by atoms with Crippen molar-refractivity contribution in [2.45, 2.75) is 44.4 Å². The van der Waals surface area contributed by atoms with Crippen molar-refractivity contribution in [1.29, 1.82) is 0 Å². The van der Waals surface area contributed by atoms with Crippen molar-refractivity contribution < 1.29 is 4.92 Å². The second-order valence-electron chi connectivity index (χ2n) is 9.12. The van der Waals surface area contributed by atoms with E-state index in [1.54, 1.807) is 0 Å². The molecule has 0 spiro atoms. The minimum atomic E-state index is -0.153. The van der Waals surface area contributed by atoms with E-state index in [9.17, 15) is 10.1 Å². The SMILES string of the molecule is O=[N+]([O-])CC(c1cc2c3c(c1)CCN3CCC2)c1cc2c3c(c1)CCN3CCC2. The van der Waals surface area contributed by atoms with Crippen molar-refractivity contribution in [2.24, 2.45) is 0 Å². The lowest BCUT2D eigenvalue weighted by molar-refractivity contribution is -0.481. The third kappa shape index (κ3) is 2.74. The van der Waals surface area contributed by atoms with Crippen LogP contribution in [0, 0.1) is 10.1 Å². The Morgan fingerprint density at radius 3 is 1.66 bits per heavy atom. The second kappa shape index (κ2) is 6.48. The van der Waals surface area contributed by atoms with E-state index in [1.165, 1.54) is 46.5 Å². The molecule has 2 aromatic carbocycles. The van der Waals surface area contributed by atoms with Gasteiger partial charge in [-0.2, -0.15) is 0 Å². The third-order valence-corrected chi connectivity index (χ3v) is 7.40. The summed E-state index contributed by atoms with van der Waals surface area (Å²) in [4.78, 5) is 16.5. The van der Waals surface area contributed by atoms with Crippen molar-refractivity contribution in [3.05, 3.63) is 67.8 Å². The molecule has 0 bridgehead atoms. The second-order valence-corrected chi connectivity index (χ2v) is 9.12. The van der Waals surface area contributed by atoms with Crippen LogP contribution in [0.3, 0.4) is 0 Å². The van der Waals surface area contributed by atoms with E-state index in [4.69, 9.17) is 0 Å². The quantitative estimate of drug-likeness (QED) is 0.591. The summed E-state index contributed by atoms with van der Waals surface area (Å²) in [6.07, 6.45) is 6.73. The smallest absolute Gasteiger partial charge is 0.214 e. The molecule has 0 unspecified atom stereocenters. The molecule has 29 heavy (non-hydrogen) atoms. The highest BCUT2D eigenvalue weighted by atomic mass is 16.6. The largest absolute Gasteiger partial charge is 0.371 e. The summed E-state index contributed by atoms with van der Waals surface area (Å²) in [6.45, 7) is 4.49. The number of anilines is 2. The van der Waals surface area contributed by atoms with Gasteiger partial charge >= 0.3 is 0 Å². The predicted molar refractivity (Wildman–Crippen MR) is 115 cm³/mol. The Labute approximate surface area is 171 Å². The molecular weight excluding hydrogens is 362 g/mol. The van der Waals surface area contributed by atoms with Crippen molar-refractivity contribution >= 4 is 11.4 Å². The highest BCUT2D eigenvalue weighted by Gasteiger charge is 2.32. The van der Waals surface area contributed by atoms with Crippen molar-refractivity contribution in [2.75, 3.05) is 42.5 Å². The van der Waals surface area contributed by atoms with Crippen LogP contribution in [-0.4, -0.2) is 37.6 Å². The number of nitro groups is 1. The normalized spacial score (nSPS) is 18.9.